The number of carbonyl (C=O) groups excluding carboxylic acids is 1. The Morgan fingerprint density at radius 3 is 2.75 bits per heavy atom. The van der Waals surface area contributed by atoms with Crippen LogP contribution in [-0.4, -0.2) is 64.0 Å². The lowest BCUT2D eigenvalue weighted by atomic mass is 9.99. The van der Waals surface area contributed by atoms with Gasteiger partial charge >= 0.3 is 0 Å². The molecule has 3 aromatic rings. The number of pyridine rings is 1. The number of anilines is 1. The number of methoxy groups -OCH3 is 2. The number of sulfonamides is 1. The maximum atomic E-state index is 13.4. The Labute approximate surface area is 215 Å². The SMILES string of the molecule is COc1ccc(OC)c(S(=O)(=O)N2CCCC(C(=O)NCCNc3ccnc4cc(Cl)ccc34)C2)c1. The summed E-state index contributed by atoms with van der Waals surface area (Å²) >= 11 is 6.05. The van der Waals surface area contributed by atoms with Crippen LogP contribution in [0.25, 0.3) is 10.9 Å². The van der Waals surface area contributed by atoms with Crippen molar-refractivity contribution < 1.29 is 22.7 Å². The third-order valence-corrected chi connectivity index (χ3v) is 8.31. The van der Waals surface area contributed by atoms with Gasteiger partial charge in [-0.1, -0.05) is 11.6 Å². The van der Waals surface area contributed by atoms with Gasteiger partial charge in [-0.25, -0.2) is 8.42 Å². The molecule has 2 heterocycles. The third kappa shape index (κ3) is 5.66. The Morgan fingerprint density at radius 1 is 1.14 bits per heavy atom. The molecule has 1 unspecified atom stereocenters. The molecular weight excluding hydrogens is 504 g/mol. The number of piperidine rings is 1. The molecule has 1 atom stereocenters. The van der Waals surface area contributed by atoms with E-state index in [0.717, 1.165) is 16.6 Å². The number of nitrogens with zero attached hydrogens (tertiary/aromatic N) is 2. The van der Waals surface area contributed by atoms with E-state index in [0.29, 0.717) is 43.2 Å². The average Bonchev–Trinajstić information content (AvgIpc) is 2.90. The third-order valence-electron chi connectivity index (χ3n) is 6.19. The molecule has 0 saturated carbocycles. The topological polar surface area (TPSA) is 110 Å². The van der Waals surface area contributed by atoms with Crippen LogP contribution in [0.15, 0.2) is 53.6 Å². The summed E-state index contributed by atoms with van der Waals surface area (Å²) in [6.07, 6.45) is 2.91. The number of fused-ring (bicyclic) bond motifs is 1. The number of hydrogen-bond donors (Lipinski definition) is 2. The second-order valence-corrected chi connectivity index (χ2v) is 10.8. The predicted octanol–water partition coefficient (Wildman–Crippen LogP) is 3.53. The molecule has 1 fully saturated rings. The predicted molar refractivity (Wildman–Crippen MR) is 139 cm³/mol. The number of nitrogens with one attached hydrogen (secondary N) is 2. The van der Waals surface area contributed by atoms with Crippen molar-refractivity contribution in [1.82, 2.24) is 14.6 Å². The lowest BCUT2D eigenvalue weighted by Gasteiger charge is -2.31. The summed E-state index contributed by atoms with van der Waals surface area (Å²) in [7, 11) is -0.973. The minimum absolute atomic E-state index is 0.0282. The van der Waals surface area contributed by atoms with Gasteiger partial charge in [0.15, 0.2) is 0 Å². The second kappa shape index (κ2) is 11.3. The second-order valence-electron chi connectivity index (χ2n) is 8.46. The van der Waals surface area contributed by atoms with Crippen LogP contribution in [-0.2, 0) is 14.8 Å². The molecular formula is C25H29ClN4O5S. The Hall–Kier alpha value is -3.08. The maximum Gasteiger partial charge on any atom is 0.246 e. The molecule has 9 nitrogen and oxygen atoms in total. The first-order valence-corrected chi connectivity index (χ1v) is 13.4. The quantitative estimate of drug-likeness (QED) is 0.406. The summed E-state index contributed by atoms with van der Waals surface area (Å²) in [4.78, 5) is 17.2. The molecule has 0 aliphatic carbocycles. The normalized spacial score (nSPS) is 16.5. The highest BCUT2D eigenvalue weighted by atomic mass is 35.5. The number of hydrogen-bond acceptors (Lipinski definition) is 7. The number of ether oxygens (including phenoxy) is 2. The summed E-state index contributed by atoms with van der Waals surface area (Å²) in [5, 5.41) is 7.80. The Kier molecular flexibility index (Phi) is 8.17. The van der Waals surface area contributed by atoms with E-state index in [1.807, 2.05) is 18.2 Å². The minimum atomic E-state index is -3.87. The van der Waals surface area contributed by atoms with E-state index in [1.54, 1.807) is 24.4 Å². The van der Waals surface area contributed by atoms with Gasteiger partial charge in [0, 0.05) is 54.5 Å². The van der Waals surface area contributed by atoms with Crippen molar-refractivity contribution in [2.45, 2.75) is 17.7 Å². The van der Waals surface area contributed by atoms with Crippen LogP contribution in [0.3, 0.4) is 0 Å². The van der Waals surface area contributed by atoms with Crippen molar-refractivity contribution in [3.63, 3.8) is 0 Å². The monoisotopic (exact) mass is 532 g/mol. The van der Waals surface area contributed by atoms with Crippen molar-refractivity contribution in [3.05, 3.63) is 53.7 Å². The molecule has 0 radical (unpaired) electrons. The summed E-state index contributed by atoms with van der Waals surface area (Å²) < 4.78 is 38.6. The molecule has 4 rings (SSSR count). The molecule has 1 aromatic heterocycles. The van der Waals surface area contributed by atoms with Crippen LogP contribution in [0.5, 0.6) is 11.5 Å². The highest BCUT2D eigenvalue weighted by Gasteiger charge is 2.35. The van der Waals surface area contributed by atoms with Gasteiger partial charge in [-0.3, -0.25) is 9.78 Å². The van der Waals surface area contributed by atoms with Gasteiger partial charge < -0.3 is 20.1 Å². The standard InChI is InChI=1S/C25H29ClN4O5S/c1-34-19-6-8-23(35-2)24(15-19)36(32,33)30-13-3-4-17(16-30)25(31)29-12-11-28-21-9-10-27-22-14-18(26)5-7-20(21)22/h5-10,14-15,17H,3-4,11-13,16H2,1-2H3,(H,27,28)(H,29,31). The molecule has 0 spiro atoms. The number of benzene rings is 2. The lowest BCUT2D eigenvalue weighted by molar-refractivity contribution is -0.125. The maximum absolute atomic E-state index is 13.4. The molecule has 192 valence electrons. The molecule has 1 amide bonds. The van der Waals surface area contributed by atoms with Gasteiger partial charge in [0.1, 0.15) is 16.4 Å². The van der Waals surface area contributed by atoms with E-state index in [4.69, 9.17) is 21.1 Å². The fourth-order valence-electron chi connectivity index (χ4n) is 4.30. The fraction of sp³-hybridized carbons (Fsp3) is 0.360. The molecule has 1 aliphatic rings. The molecule has 11 heteroatoms. The largest absolute Gasteiger partial charge is 0.497 e. The van der Waals surface area contributed by atoms with Gasteiger partial charge in [0.25, 0.3) is 0 Å². The Morgan fingerprint density at radius 2 is 1.97 bits per heavy atom. The van der Waals surface area contributed by atoms with Crippen molar-refractivity contribution >= 4 is 44.1 Å². The van der Waals surface area contributed by atoms with E-state index in [2.05, 4.69) is 15.6 Å². The van der Waals surface area contributed by atoms with Crippen molar-refractivity contribution in [2.75, 3.05) is 45.7 Å². The summed E-state index contributed by atoms with van der Waals surface area (Å²) in [6, 6.07) is 12.0. The van der Waals surface area contributed by atoms with Crippen LogP contribution in [0.1, 0.15) is 12.8 Å². The van der Waals surface area contributed by atoms with Crippen molar-refractivity contribution in [1.29, 1.82) is 0 Å². The smallest absolute Gasteiger partial charge is 0.246 e. The van der Waals surface area contributed by atoms with Gasteiger partial charge in [-0.05, 0) is 49.2 Å². The lowest BCUT2D eigenvalue weighted by Crippen LogP contribution is -2.46. The molecule has 0 bridgehead atoms. The van der Waals surface area contributed by atoms with E-state index < -0.39 is 15.9 Å². The van der Waals surface area contributed by atoms with Crippen LogP contribution >= 0.6 is 11.6 Å². The Bertz CT molecular complexity index is 1350. The Balaban J connectivity index is 1.36. The summed E-state index contributed by atoms with van der Waals surface area (Å²) in [5.41, 5.74) is 1.68. The van der Waals surface area contributed by atoms with E-state index in [-0.39, 0.29) is 23.1 Å². The zero-order chi connectivity index (χ0) is 25.7. The molecule has 2 aromatic carbocycles. The van der Waals surface area contributed by atoms with E-state index >= 15 is 0 Å². The van der Waals surface area contributed by atoms with Crippen molar-refractivity contribution in [2.24, 2.45) is 5.92 Å². The first-order chi connectivity index (χ1) is 17.3. The average molecular weight is 533 g/mol. The summed E-state index contributed by atoms with van der Waals surface area (Å²) in [6.45, 7) is 1.34. The molecule has 36 heavy (non-hydrogen) atoms. The highest BCUT2D eigenvalue weighted by Crippen LogP contribution is 2.32. The summed E-state index contributed by atoms with van der Waals surface area (Å²) in [5.74, 6) is 0.0484. The van der Waals surface area contributed by atoms with Crippen LogP contribution in [0, 0.1) is 5.92 Å². The number of rotatable bonds is 9. The van der Waals surface area contributed by atoms with E-state index in [9.17, 15) is 13.2 Å². The zero-order valence-electron chi connectivity index (χ0n) is 20.2. The van der Waals surface area contributed by atoms with E-state index in [1.165, 1.54) is 24.6 Å². The first kappa shape index (κ1) is 26.0. The minimum Gasteiger partial charge on any atom is -0.497 e. The number of aromatic nitrogens is 1. The molecule has 1 saturated heterocycles. The number of amides is 1. The van der Waals surface area contributed by atoms with Crippen molar-refractivity contribution in [3.8, 4) is 11.5 Å². The molecule has 1 aliphatic heterocycles. The number of halogens is 1. The zero-order valence-corrected chi connectivity index (χ0v) is 21.7. The van der Waals surface area contributed by atoms with Crippen LogP contribution < -0.4 is 20.1 Å². The van der Waals surface area contributed by atoms with Gasteiger partial charge in [-0.15, -0.1) is 0 Å². The molecule has 2 N–H and O–H groups in total. The van der Waals surface area contributed by atoms with Gasteiger partial charge in [0.05, 0.1) is 25.7 Å². The van der Waals surface area contributed by atoms with Gasteiger partial charge in [-0.2, -0.15) is 4.31 Å². The number of carbonyl (C=O) groups is 1. The highest BCUT2D eigenvalue weighted by molar-refractivity contribution is 7.89. The van der Waals surface area contributed by atoms with Crippen LogP contribution in [0.2, 0.25) is 5.02 Å². The van der Waals surface area contributed by atoms with Crippen LogP contribution in [0.4, 0.5) is 5.69 Å². The fourth-order valence-corrected chi connectivity index (χ4v) is 6.16. The first-order valence-electron chi connectivity index (χ1n) is 11.6. The van der Waals surface area contributed by atoms with Gasteiger partial charge in [0.2, 0.25) is 15.9 Å².